The van der Waals surface area contributed by atoms with Gasteiger partial charge in [-0.05, 0) is 24.6 Å². The predicted octanol–water partition coefficient (Wildman–Crippen LogP) is 2.84. The van der Waals surface area contributed by atoms with Crippen molar-refractivity contribution in [2.75, 3.05) is 38.6 Å². The number of carbonyl (C=O) groups excluding carboxylic acids is 1. The van der Waals surface area contributed by atoms with E-state index in [0.717, 1.165) is 44.2 Å². The molecule has 2 aromatic rings. The second kappa shape index (κ2) is 8.83. The number of piperazine rings is 1. The molecule has 0 aromatic heterocycles. The Hall–Kier alpha value is -2.37. The van der Waals surface area contributed by atoms with E-state index < -0.39 is 0 Å². The third kappa shape index (κ3) is 4.84. The lowest BCUT2D eigenvalue weighted by atomic mass is 10.1. The Morgan fingerprint density at radius 3 is 2.50 bits per heavy atom. The van der Waals surface area contributed by atoms with E-state index in [9.17, 15) is 4.79 Å². The van der Waals surface area contributed by atoms with Gasteiger partial charge in [0, 0.05) is 44.5 Å². The van der Waals surface area contributed by atoms with E-state index in [1.165, 1.54) is 5.56 Å². The second-order valence-corrected chi connectivity index (χ2v) is 6.69. The number of nitrogens with zero attached hydrogens (tertiary/aromatic N) is 2. The molecule has 0 spiro atoms. The summed E-state index contributed by atoms with van der Waals surface area (Å²) in [6.45, 7) is 6.71. The highest BCUT2D eigenvalue weighted by Gasteiger charge is 2.25. The van der Waals surface area contributed by atoms with Gasteiger partial charge in [0.05, 0.1) is 13.2 Å². The number of hydrogen-bond acceptors (Lipinski definition) is 4. The smallest absolute Gasteiger partial charge is 0.241 e. The zero-order valence-electron chi connectivity index (χ0n) is 15.5. The van der Waals surface area contributed by atoms with Crippen LogP contribution in [0.2, 0.25) is 0 Å². The fourth-order valence-corrected chi connectivity index (χ4v) is 3.26. The lowest BCUT2D eigenvalue weighted by Gasteiger charge is -2.37. The number of ether oxygens (including phenoxy) is 1. The molecule has 5 nitrogen and oxygen atoms in total. The first kappa shape index (κ1) is 18.4. The molecular formula is C21H27N3O2. The summed E-state index contributed by atoms with van der Waals surface area (Å²) >= 11 is 0. The largest absolute Gasteiger partial charge is 0.497 e. The van der Waals surface area contributed by atoms with Crippen molar-refractivity contribution in [2.45, 2.75) is 19.5 Å². The highest BCUT2D eigenvalue weighted by molar-refractivity contribution is 5.94. The molecule has 1 fully saturated rings. The summed E-state index contributed by atoms with van der Waals surface area (Å²) < 4.78 is 5.21. The Kier molecular flexibility index (Phi) is 6.26. The van der Waals surface area contributed by atoms with Gasteiger partial charge in [-0.3, -0.25) is 14.6 Å². The van der Waals surface area contributed by atoms with Crippen LogP contribution in [0.25, 0.3) is 0 Å². The van der Waals surface area contributed by atoms with E-state index in [-0.39, 0.29) is 11.9 Å². The van der Waals surface area contributed by atoms with Crippen LogP contribution in [0.5, 0.6) is 5.75 Å². The van der Waals surface area contributed by atoms with Crippen LogP contribution in [0.15, 0.2) is 54.6 Å². The van der Waals surface area contributed by atoms with Gasteiger partial charge >= 0.3 is 0 Å². The molecule has 1 atom stereocenters. The van der Waals surface area contributed by atoms with Crippen molar-refractivity contribution in [3.8, 4) is 5.75 Å². The molecule has 0 aliphatic carbocycles. The van der Waals surface area contributed by atoms with Crippen LogP contribution >= 0.6 is 0 Å². The van der Waals surface area contributed by atoms with Crippen molar-refractivity contribution in [3.63, 3.8) is 0 Å². The predicted molar refractivity (Wildman–Crippen MR) is 104 cm³/mol. The summed E-state index contributed by atoms with van der Waals surface area (Å²) in [5, 5.41) is 2.99. The minimum atomic E-state index is -0.153. The summed E-state index contributed by atoms with van der Waals surface area (Å²) in [4.78, 5) is 17.3. The zero-order valence-corrected chi connectivity index (χ0v) is 15.5. The summed E-state index contributed by atoms with van der Waals surface area (Å²) in [7, 11) is 1.62. The molecule has 26 heavy (non-hydrogen) atoms. The first-order chi connectivity index (χ1) is 12.7. The number of anilines is 1. The lowest BCUT2D eigenvalue weighted by molar-refractivity contribution is -0.121. The van der Waals surface area contributed by atoms with E-state index in [4.69, 9.17) is 4.74 Å². The number of hydrogen-bond donors (Lipinski definition) is 1. The molecule has 1 saturated heterocycles. The number of nitrogens with one attached hydrogen (secondary N) is 1. The van der Waals surface area contributed by atoms with E-state index in [1.807, 2.05) is 37.3 Å². The normalized spacial score (nSPS) is 16.8. The number of methoxy groups -OCH3 is 1. The van der Waals surface area contributed by atoms with Gasteiger partial charge in [-0.25, -0.2) is 0 Å². The average molecular weight is 353 g/mol. The Morgan fingerprint density at radius 1 is 1.08 bits per heavy atom. The van der Waals surface area contributed by atoms with Crippen molar-refractivity contribution in [3.05, 3.63) is 60.2 Å². The maximum atomic E-state index is 12.6. The first-order valence-corrected chi connectivity index (χ1v) is 9.11. The van der Waals surface area contributed by atoms with Gasteiger partial charge in [-0.15, -0.1) is 0 Å². The Labute approximate surface area is 155 Å². The first-order valence-electron chi connectivity index (χ1n) is 9.11. The summed E-state index contributed by atoms with van der Waals surface area (Å²) in [5.41, 5.74) is 2.11. The quantitative estimate of drug-likeness (QED) is 0.867. The SMILES string of the molecule is COc1cccc(NC(=O)[C@H](C)N2CCN(Cc3ccccc3)CC2)c1. The monoisotopic (exact) mass is 353 g/mol. The molecule has 1 aliphatic rings. The zero-order chi connectivity index (χ0) is 18.4. The third-order valence-corrected chi connectivity index (χ3v) is 4.92. The van der Waals surface area contributed by atoms with Crippen LogP contribution in [-0.2, 0) is 11.3 Å². The van der Waals surface area contributed by atoms with Crippen LogP contribution < -0.4 is 10.1 Å². The van der Waals surface area contributed by atoms with Gasteiger partial charge in [0.2, 0.25) is 5.91 Å². The fraction of sp³-hybridized carbons (Fsp3) is 0.381. The molecule has 1 heterocycles. The topological polar surface area (TPSA) is 44.8 Å². The molecule has 1 N–H and O–H groups in total. The average Bonchev–Trinajstić information content (AvgIpc) is 2.69. The van der Waals surface area contributed by atoms with Gasteiger partial charge in [-0.2, -0.15) is 0 Å². The number of carbonyl (C=O) groups is 1. The second-order valence-electron chi connectivity index (χ2n) is 6.69. The van der Waals surface area contributed by atoms with Crippen molar-refractivity contribution in [1.82, 2.24) is 9.80 Å². The van der Waals surface area contributed by atoms with Crippen molar-refractivity contribution < 1.29 is 9.53 Å². The Morgan fingerprint density at radius 2 is 1.81 bits per heavy atom. The van der Waals surface area contributed by atoms with Gasteiger partial charge in [0.25, 0.3) is 0 Å². The minimum absolute atomic E-state index is 0.0229. The van der Waals surface area contributed by atoms with Gasteiger partial charge < -0.3 is 10.1 Å². The minimum Gasteiger partial charge on any atom is -0.497 e. The van der Waals surface area contributed by atoms with Gasteiger partial charge in [0.15, 0.2) is 0 Å². The molecule has 0 saturated carbocycles. The maximum absolute atomic E-state index is 12.6. The molecule has 0 unspecified atom stereocenters. The van der Waals surface area contributed by atoms with Crippen molar-refractivity contribution in [1.29, 1.82) is 0 Å². The van der Waals surface area contributed by atoms with Crippen LogP contribution in [0, 0.1) is 0 Å². The van der Waals surface area contributed by atoms with Crippen molar-refractivity contribution >= 4 is 11.6 Å². The molecule has 1 aliphatic heterocycles. The molecule has 0 bridgehead atoms. The highest BCUT2D eigenvalue weighted by Crippen LogP contribution is 2.18. The number of rotatable bonds is 6. The van der Waals surface area contributed by atoms with E-state index in [2.05, 4.69) is 39.4 Å². The van der Waals surface area contributed by atoms with E-state index in [0.29, 0.717) is 0 Å². The molecule has 2 aromatic carbocycles. The third-order valence-electron chi connectivity index (χ3n) is 4.92. The van der Waals surface area contributed by atoms with Crippen molar-refractivity contribution in [2.24, 2.45) is 0 Å². The number of benzene rings is 2. The summed E-state index contributed by atoms with van der Waals surface area (Å²) in [5.74, 6) is 0.764. The van der Waals surface area contributed by atoms with Gasteiger partial charge in [0.1, 0.15) is 5.75 Å². The molecule has 0 radical (unpaired) electrons. The molecular weight excluding hydrogens is 326 g/mol. The van der Waals surface area contributed by atoms with Gasteiger partial charge in [-0.1, -0.05) is 36.4 Å². The summed E-state index contributed by atoms with van der Waals surface area (Å²) in [6, 6.07) is 17.8. The Bertz CT molecular complexity index is 712. The van der Waals surface area contributed by atoms with Crippen LogP contribution in [0.3, 0.4) is 0 Å². The maximum Gasteiger partial charge on any atom is 0.241 e. The molecule has 1 amide bonds. The lowest BCUT2D eigenvalue weighted by Crippen LogP contribution is -2.52. The molecule has 138 valence electrons. The van der Waals surface area contributed by atoms with E-state index in [1.54, 1.807) is 7.11 Å². The van der Waals surface area contributed by atoms with E-state index >= 15 is 0 Å². The molecule has 5 heteroatoms. The number of amides is 1. The standard InChI is InChI=1S/C21H27N3O2/c1-17(21(25)22-19-9-6-10-20(15-19)26-2)24-13-11-23(12-14-24)16-18-7-4-3-5-8-18/h3-10,15,17H,11-14,16H2,1-2H3,(H,22,25)/t17-/m0/s1. The van der Waals surface area contributed by atoms with Crippen LogP contribution in [-0.4, -0.2) is 55.0 Å². The summed E-state index contributed by atoms with van der Waals surface area (Å²) in [6.07, 6.45) is 0. The molecule has 3 rings (SSSR count). The fourth-order valence-electron chi connectivity index (χ4n) is 3.26. The van der Waals surface area contributed by atoms with Crippen LogP contribution in [0.1, 0.15) is 12.5 Å². The Balaban J connectivity index is 1.49. The van der Waals surface area contributed by atoms with Crippen LogP contribution in [0.4, 0.5) is 5.69 Å². The highest BCUT2D eigenvalue weighted by atomic mass is 16.5.